The summed E-state index contributed by atoms with van der Waals surface area (Å²) >= 11 is 0. The van der Waals surface area contributed by atoms with Crippen LogP contribution >= 0.6 is 0 Å². The lowest BCUT2D eigenvalue weighted by atomic mass is 10.1. The van der Waals surface area contributed by atoms with Crippen LogP contribution in [0.15, 0.2) is 17.9 Å². The summed E-state index contributed by atoms with van der Waals surface area (Å²) < 4.78 is 0. The first-order valence-corrected chi connectivity index (χ1v) is 3.49. The van der Waals surface area contributed by atoms with Crippen LogP contribution in [0, 0.1) is 0 Å². The second-order valence-corrected chi connectivity index (χ2v) is 2.68. The van der Waals surface area contributed by atoms with Crippen LogP contribution in [0.1, 0.15) is 13.3 Å². The van der Waals surface area contributed by atoms with Crippen LogP contribution < -0.4 is 5.32 Å². The second kappa shape index (κ2) is 2.91. The predicted octanol–water partition coefficient (Wildman–Crippen LogP) is -0.0330. The van der Waals surface area contributed by atoms with Crippen LogP contribution in [0.3, 0.4) is 0 Å². The van der Waals surface area contributed by atoms with Crippen molar-refractivity contribution in [1.29, 1.82) is 0 Å². The molecule has 0 aromatic carbocycles. The maximum atomic E-state index is 10.8. The molecule has 0 aromatic heterocycles. The van der Waals surface area contributed by atoms with Gasteiger partial charge in [-0.15, -0.1) is 5.73 Å². The van der Waals surface area contributed by atoms with E-state index in [1.54, 1.807) is 6.92 Å². The summed E-state index contributed by atoms with van der Waals surface area (Å²) in [5, 5.41) is 11.9. The zero-order chi connectivity index (χ0) is 8.43. The van der Waals surface area contributed by atoms with Gasteiger partial charge in [-0.1, -0.05) is 6.58 Å². The van der Waals surface area contributed by atoms with E-state index >= 15 is 0 Å². The van der Waals surface area contributed by atoms with Gasteiger partial charge in [0.25, 0.3) is 0 Å². The lowest BCUT2D eigenvalue weighted by Crippen LogP contribution is -2.32. The zero-order valence-corrected chi connectivity index (χ0v) is 6.42. The molecule has 1 amide bonds. The highest BCUT2D eigenvalue weighted by Gasteiger charge is 2.31. The number of carbonyl (C=O) groups excluding carboxylic acids is 1. The fourth-order valence-electron chi connectivity index (χ4n) is 1.14. The van der Waals surface area contributed by atoms with Gasteiger partial charge in [0.2, 0.25) is 5.91 Å². The van der Waals surface area contributed by atoms with E-state index in [9.17, 15) is 9.90 Å². The standard InChI is InChI=1S/C8H11NO2/c1-3-5(2)8-6(10)4-7(11)9-8/h6,8,10H,1,4H2,2H3,(H,9,11). The number of aliphatic hydroxyl groups is 1. The Kier molecular flexibility index (Phi) is 2.13. The summed E-state index contributed by atoms with van der Waals surface area (Å²) in [6, 6.07) is -0.278. The van der Waals surface area contributed by atoms with Gasteiger partial charge in [-0.2, -0.15) is 0 Å². The van der Waals surface area contributed by atoms with Gasteiger partial charge in [-0.3, -0.25) is 4.79 Å². The van der Waals surface area contributed by atoms with Crippen LogP contribution in [-0.4, -0.2) is 23.2 Å². The number of amides is 1. The molecular formula is C8H11NO2. The smallest absolute Gasteiger partial charge is 0.223 e. The van der Waals surface area contributed by atoms with E-state index in [2.05, 4.69) is 17.6 Å². The highest BCUT2D eigenvalue weighted by molar-refractivity contribution is 5.80. The molecule has 11 heavy (non-hydrogen) atoms. The molecule has 1 heterocycles. The van der Waals surface area contributed by atoms with Gasteiger partial charge in [0.15, 0.2) is 0 Å². The minimum atomic E-state index is -0.614. The quantitative estimate of drug-likeness (QED) is 0.519. The number of carbonyl (C=O) groups is 1. The first kappa shape index (κ1) is 8.05. The summed E-state index contributed by atoms with van der Waals surface area (Å²) in [7, 11) is 0. The second-order valence-electron chi connectivity index (χ2n) is 2.68. The Bertz CT molecular complexity index is 228. The summed E-state index contributed by atoms with van der Waals surface area (Å²) in [6.07, 6.45) is -0.430. The molecule has 2 N–H and O–H groups in total. The third kappa shape index (κ3) is 1.50. The monoisotopic (exact) mass is 153 g/mol. The average molecular weight is 153 g/mol. The molecule has 3 heteroatoms. The molecule has 0 bridgehead atoms. The van der Waals surface area contributed by atoms with E-state index in [1.165, 1.54) is 0 Å². The minimum absolute atomic E-state index is 0.114. The topological polar surface area (TPSA) is 49.3 Å². The van der Waals surface area contributed by atoms with Crippen LogP contribution in [0.5, 0.6) is 0 Å². The molecule has 1 rings (SSSR count). The fourth-order valence-corrected chi connectivity index (χ4v) is 1.14. The third-order valence-electron chi connectivity index (χ3n) is 1.84. The lowest BCUT2D eigenvalue weighted by molar-refractivity contribution is -0.119. The van der Waals surface area contributed by atoms with Gasteiger partial charge >= 0.3 is 0 Å². The molecule has 3 nitrogen and oxygen atoms in total. The molecule has 2 unspecified atom stereocenters. The third-order valence-corrected chi connectivity index (χ3v) is 1.84. The summed E-state index contributed by atoms with van der Waals surface area (Å²) in [5.41, 5.74) is 3.43. The molecule has 1 aliphatic rings. The van der Waals surface area contributed by atoms with Crippen molar-refractivity contribution in [2.45, 2.75) is 25.5 Å². The van der Waals surface area contributed by atoms with E-state index < -0.39 is 6.10 Å². The van der Waals surface area contributed by atoms with Crippen LogP contribution in [0.4, 0.5) is 0 Å². The lowest BCUT2D eigenvalue weighted by Gasteiger charge is -2.12. The van der Waals surface area contributed by atoms with Crippen molar-refractivity contribution < 1.29 is 9.90 Å². The van der Waals surface area contributed by atoms with Crippen molar-refractivity contribution >= 4 is 5.91 Å². The Labute approximate surface area is 65.4 Å². The zero-order valence-electron chi connectivity index (χ0n) is 6.42. The van der Waals surface area contributed by atoms with Crippen molar-refractivity contribution in [2.24, 2.45) is 0 Å². The Balaban J connectivity index is 2.75. The van der Waals surface area contributed by atoms with E-state index in [4.69, 9.17) is 0 Å². The summed E-state index contributed by atoms with van der Waals surface area (Å²) in [4.78, 5) is 10.8. The normalized spacial score (nSPS) is 29.5. The van der Waals surface area contributed by atoms with Crippen molar-refractivity contribution in [2.75, 3.05) is 0 Å². The van der Waals surface area contributed by atoms with Crippen LogP contribution in [0.2, 0.25) is 0 Å². The number of hydrogen-bond donors (Lipinski definition) is 2. The predicted molar refractivity (Wildman–Crippen MR) is 40.9 cm³/mol. The first-order chi connectivity index (χ1) is 5.15. The number of nitrogens with one attached hydrogen (secondary N) is 1. The SMILES string of the molecule is C=C=C(C)C1NC(=O)CC1O. The van der Waals surface area contributed by atoms with Gasteiger partial charge in [-0.05, 0) is 12.5 Å². The highest BCUT2D eigenvalue weighted by atomic mass is 16.3. The van der Waals surface area contributed by atoms with Crippen molar-refractivity contribution in [3.63, 3.8) is 0 Å². The molecular weight excluding hydrogens is 142 g/mol. The van der Waals surface area contributed by atoms with Gasteiger partial charge < -0.3 is 10.4 Å². The van der Waals surface area contributed by atoms with Crippen LogP contribution in [-0.2, 0) is 4.79 Å². The first-order valence-electron chi connectivity index (χ1n) is 3.49. The van der Waals surface area contributed by atoms with Gasteiger partial charge in [-0.25, -0.2) is 0 Å². The van der Waals surface area contributed by atoms with E-state index in [1.807, 2.05) is 0 Å². The molecule has 0 spiro atoms. The summed E-state index contributed by atoms with van der Waals surface area (Å²) in [6.45, 7) is 5.22. The largest absolute Gasteiger partial charge is 0.390 e. The highest BCUT2D eigenvalue weighted by Crippen LogP contribution is 2.14. The van der Waals surface area contributed by atoms with E-state index in [0.717, 1.165) is 5.57 Å². The van der Waals surface area contributed by atoms with Crippen molar-refractivity contribution in [3.8, 4) is 0 Å². The van der Waals surface area contributed by atoms with E-state index in [-0.39, 0.29) is 18.4 Å². The molecule has 60 valence electrons. The molecule has 0 aliphatic carbocycles. The average Bonchev–Trinajstić information content (AvgIpc) is 2.28. The summed E-state index contributed by atoms with van der Waals surface area (Å²) in [5.74, 6) is -0.114. The number of rotatable bonds is 1. The van der Waals surface area contributed by atoms with E-state index in [0.29, 0.717) is 0 Å². The Morgan fingerprint density at radius 1 is 1.91 bits per heavy atom. The van der Waals surface area contributed by atoms with Crippen LogP contribution in [0.25, 0.3) is 0 Å². The van der Waals surface area contributed by atoms with Crippen molar-refractivity contribution in [3.05, 3.63) is 17.9 Å². The van der Waals surface area contributed by atoms with Crippen molar-refractivity contribution in [1.82, 2.24) is 5.32 Å². The van der Waals surface area contributed by atoms with Gasteiger partial charge in [0.05, 0.1) is 18.6 Å². The van der Waals surface area contributed by atoms with Gasteiger partial charge in [0, 0.05) is 0 Å². The van der Waals surface area contributed by atoms with Gasteiger partial charge in [0.1, 0.15) is 0 Å². The fraction of sp³-hybridized carbons (Fsp3) is 0.500. The Hall–Kier alpha value is -1.05. The molecule has 1 saturated heterocycles. The molecule has 1 aliphatic heterocycles. The maximum Gasteiger partial charge on any atom is 0.223 e. The maximum absolute atomic E-state index is 10.8. The molecule has 0 aromatic rings. The molecule has 0 saturated carbocycles. The Morgan fingerprint density at radius 2 is 2.55 bits per heavy atom. The molecule has 2 atom stereocenters. The molecule has 0 radical (unpaired) electrons. The number of aliphatic hydroxyl groups excluding tert-OH is 1. The molecule has 1 fully saturated rings. The minimum Gasteiger partial charge on any atom is -0.390 e. The number of hydrogen-bond acceptors (Lipinski definition) is 2. The Morgan fingerprint density at radius 3 is 2.91 bits per heavy atom.